The SMILES string of the molecule is CC(O)c1nn(-c2cccc(Cl)c2)c(=O)[nH]1. The van der Waals surface area contributed by atoms with Gasteiger partial charge in [0.2, 0.25) is 0 Å². The lowest BCUT2D eigenvalue weighted by Gasteiger charge is -1.99. The maximum absolute atomic E-state index is 11.5. The average molecular weight is 240 g/mol. The van der Waals surface area contributed by atoms with E-state index in [4.69, 9.17) is 11.6 Å². The summed E-state index contributed by atoms with van der Waals surface area (Å²) in [7, 11) is 0. The zero-order chi connectivity index (χ0) is 11.7. The molecule has 1 aromatic heterocycles. The zero-order valence-corrected chi connectivity index (χ0v) is 9.27. The molecule has 0 bridgehead atoms. The van der Waals surface area contributed by atoms with Crippen molar-refractivity contribution >= 4 is 11.6 Å². The molecule has 0 amide bonds. The van der Waals surface area contributed by atoms with E-state index in [-0.39, 0.29) is 5.82 Å². The molecule has 84 valence electrons. The van der Waals surface area contributed by atoms with E-state index in [0.717, 1.165) is 4.68 Å². The van der Waals surface area contributed by atoms with Crippen LogP contribution in [0, 0.1) is 0 Å². The summed E-state index contributed by atoms with van der Waals surface area (Å²) in [5.74, 6) is 0.227. The van der Waals surface area contributed by atoms with E-state index in [0.29, 0.717) is 10.7 Å². The quantitative estimate of drug-likeness (QED) is 0.829. The number of aliphatic hydroxyl groups is 1. The van der Waals surface area contributed by atoms with E-state index in [9.17, 15) is 9.90 Å². The number of aromatic amines is 1. The van der Waals surface area contributed by atoms with Gasteiger partial charge in [0.15, 0.2) is 5.82 Å². The fourth-order valence-corrected chi connectivity index (χ4v) is 1.50. The number of benzene rings is 1. The van der Waals surface area contributed by atoms with Crippen molar-refractivity contribution in [2.75, 3.05) is 0 Å². The predicted molar refractivity (Wildman–Crippen MR) is 59.8 cm³/mol. The minimum absolute atomic E-state index is 0.227. The number of aromatic nitrogens is 3. The summed E-state index contributed by atoms with van der Waals surface area (Å²) < 4.78 is 1.16. The molecule has 0 saturated heterocycles. The summed E-state index contributed by atoms with van der Waals surface area (Å²) >= 11 is 5.81. The van der Waals surface area contributed by atoms with Gasteiger partial charge >= 0.3 is 5.69 Å². The molecule has 0 aliphatic carbocycles. The van der Waals surface area contributed by atoms with Crippen LogP contribution in [0.5, 0.6) is 0 Å². The number of H-pyrrole nitrogens is 1. The predicted octanol–water partition coefficient (Wildman–Crippen LogP) is 1.27. The lowest BCUT2D eigenvalue weighted by atomic mass is 10.3. The lowest BCUT2D eigenvalue weighted by Crippen LogP contribution is -2.15. The molecule has 1 unspecified atom stereocenters. The first-order chi connectivity index (χ1) is 7.58. The topological polar surface area (TPSA) is 70.9 Å². The minimum atomic E-state index is -0.812. The van der Waals surface area contributed by atoms with E-state index in [1.54, 1.807) is 24.3 Å². The maximum atomic E-state index is 11.5. The standard InChI is InChI=1S/C10H10ClN3O2/c1-6(15)9-12-10(16)14(13-9)8-4-2-3-7(11)5-8/h2-6,15H,1H3,(H,12,13,16). The monoisotopic (exact) mass is 239 g/mol. The molecule has 0 spiro atoms. The van der Waals surface area contributed by atoms with Crippen LogP contribution in [0.25, 0.3) is 5.69 Å². The molecule has 1 atom stereocenters. The molecule has 1 aromatic carbocycles. The summed E-state index contributed by atoms with van der Waals surface area (Å²) in [6, 6.07) is 6.76. The van der Waals surface area contributed by atoms with Crippen molar-refractivity contribution in [3.63, 3.8) is 0 Å². The molecule has 0 saturated carbocycles. The molecular weight excluding hydrogens is 230 g/mol. The highest BCUT2D eigenvalue weighted by Crippen LogP contribution is 2.13. The smallest absolute Gasteiger partial charge is 0.348 e. The third kappa shape index (κ3) is 2.00. The number of hydrogen-bond acceptors (Lipinski definition) is 3. The van der Waals surface area contributed by atoms with Crippen molar-refractivity contribution in [1.82, 2.24) is 14.8 Å². The first-order valence-corrected chi connectivity index (χ1v) is 5.09. The molecule has 0 aliphatic heterocycles. The van der Waals surface area contributed by atoms with Crippen molar-refractivity contribution in [3.05, 3.63) is 45.6 Å². The Morgan fingerprint density at radius 2 is 2.31 bits per heavy atom. The highest BCUT2D eigenvalue weighted by molar-refractivity contribution is 6.30. The summed E-state index contributed by atoms with van der Waals surface area (Å²) in [4.78, 5) is 14.0. The van der Waals surface area contributed by atoms with E-state index in [1.165, 1.54) is 6.92 Å². The fourth-order valence-electron chi connectivity index (χ4n) is 1.31. The van der Waals surface area contributed by atoms with Crippen molar-refractivity contribution < 1.29 is 5.11 Å². The molecular formula is C10H10ClN3O2. The van der Waals surface area contributed by atoms with E-state index >= 15 is 0 Å². The molecule has 0 fully saturated rings. The van der Waals surface area contributed by atoms with Crippen LogP contribution in [0.2, 0.25) is 5.02 Å². The van der Waals surface area contributed by atoms with Gasteiger partial charge in [-0.25, -0.2) is 4.79 Å². The molecule has 5 nitrogen and oxygen atoms in total. The second kappa shape index (κ2) is 4.11. The number of nitrogens with one attached hydrogen (secondary N) is 1. The summed E-state index contributed by atoms with van der Waals surface area (Å²) in [6.07, 6.45) is -0.812. The van der Waals surface area contributed by atoms with Crippen LogP contribution in [0.15, 0.2) is 29.1 Å². The Balaban J connectivity index is 2.52. The highest BCUT2D eigenvalue weighted by Gasteiger charge is 2.10. The third-order valence-electron chi connectivity index (χ3n) is 2.08. The van der Waals surface area contributed by atoms with E-state index in [2.05, 4.69) is 10.1 Å². The summed E-state index contributed by atoms with van der Waals surface area (Å²) in [6.45, 7) is 1.53. The largest absolute Gasteiger partial charge is 0.385 e. The maximum Gasteiger partial charge on any atom is 0.348 e. The highest BCUT2D eigenvalue weighted by atomic mass is 35.5. The first-order valence-electron chi connectivity index (χ1n) is 4.71. The zero-order valence-electron chi connectivity index (χ0n) is 8.51. The van der Waals surface area contributed by atoms with E-state index < -0.39 is 11.8 Å². The van der Waals surface area contributed by atoms with Crippen LogP contribution in [0.4, 0.5) is 0 Å². The Bertz CT molecular complexity index is 559. The van der Waals surface area contributed by atoms with Gasteiger partial charge in [-0.05, 0) is 25.1 Å². The summed E-state index contributed by atoms with van der Waals surface area (Å²) in [5, 5.41) is 13.8. The first kappa shape index (κ1) is 10.9. The molecule has 2 aromatic rings. The Hall–Kier alpha value is -1.59. The molecule has 2 rings (SSSR count). The Morgan fingerprint density at radius 3 is 2.88 bits per heavy atom. The van der Waals surface area contributed by atoms with Crippen LogP contribution < -0.4 is 5.69 Å². The van der Waals surface area contributed by atoms with Crippen LogP contribution in [-0.2, 0) is 0 Å². The van der Waals surface area contributed by atoms with Gasteiger partial charge < -0.3 is 5.11 Å². The van der Waals surface area contributed by atoms with Gasteiger partial charge in [-0.15, -0.1) is 5.10 Å². The third-order valence-corrected chi connectivity index (χ3v) is 2.32. The second-order valence-electron chi connectivity index (χ2n) is 3.38. The molecule has 2 N–H and O–H groups in total. The average Bonchev–Trinajstić information content (AvgIpc) is 2.60. The van der Waals surface area contributed by atoms with Gasteiger partial charge in [0.25, 0.3) is 0 Å². The number of rotatable bonds is 2. The Kier molecular flexibility index (Phi) is 2.80. The van der Waals surface area contributed by atoms with Crippen LogP contribution in [0.1, 0.15) is 18.9 Å². The van der Waals surface area contributed by atoms with Crippen molar-refractivity contribution in [2.45, 2.75) is 13.0 Å². The second-order valence-corrected chi connectivity index (χ2v) is 3.82. The van der Waals surface area contributed by atoms with Crippen LogP contribution in [0.3, 0.4) is 0 Å². The van der Waals surface area contributed by atoms with Gasteiger partial charge in [0.1, 0.15) is 6.10 Å². The van der Waals surface area contributed by atoms with Crippen molar-refractivity contribution in [3.8, 4) is 5.69 Å². The van der Waals surface area contributed by atoms with Crippen LogP contribution >= 0.6 is 11.6 Å². The van der Waals surface area contributed by atoms with Crippen LogP contribution in [-0.4, -0.2) is 19.9 Å². The summed E-state index contributed by atoms with van der Waals surface area (Å²) in [5.41, 5.74) is 0.152. The van der Waals surface area contributed by atoms with Crippen molar-refractivity contribution in [1.29, 1.82) is 0 Å². The van der Waals surface area contributed by atoms with Crippen molar-refractivity contribution in [2.24, 2.45) is 0 Å². The molecule has 0 aliphatic rings. The van der Waals surface area contributed by atoms with Gasteiger partial charge in [-0.1, -0.05) is 17.7 Å². The molecule has 1 heterocycles. The number of aliphatic hydroxyl groups excluding tert-OH is 1. The molecule has 6 heteroatoms. The fraction of sp³-hybridized carbons (Fsp3) is 0.200. The minimum Gasteiger partial charge on any atom is -0.385 e. The van der Waals surface area contributed by atoms with Gasteiger partial charge in [-0.2, -0.15) is 4.68 Å². The van der Waals surface area contributed by atoms with Gasteiger partial charge in [0, 0.05) is 5.02 Å². The van der Waals surface area contributed by atoms with Gasteiger partial charge in [0.05, 0.1) is 5.69 Å². The number of halogens is 1. The van der Waals surface area contributed by atoms with Gasteiger partial charge in [-0.3, -0.25) is 4.98 Å². The number of hydrogen-bond donors (Lipinski definition) is 2. The Labute approximate surface area is 96.3 Å². The number of nitrogens with zero attached hydrogens (tertiary/aromatic N) is 2. The molecule has 16 heavy (non-hydrogen) atoms. The Morgan fingerprint density at radius 1 is 1.56 bits per heavy atom. The van der Waals surface area contributed by atoms with E-state index in [1.807, 2.05) is 0 Å². The normalized spacial score (nSPS) is 12.7. The lowest BCUT2D eigenvalue weighted by molar-refractivity contribution is 0.189. The molecule has 0 radical (unpaired) electrons.